The van der Waals surface area contributed by atoms with Crippen LogP contribution in [-0.4, -0.2) is 57.9 Å². The molecule has 0 bridgehead atoms. The van der Waals surface area contributed by atoms with Crippen molar-refractivity contribution in [1.29, 1.82) is 0 Å². The number of H-pyrrole nitrogens is 1. The lowest BCUT2D eigenvalue weighted by Gasteiger charge is -2.10. The molecule has 35 heavy (non-hydrogen) atoms. The zero-order chi connectivity index (χ0) is 25.0. The fraction of sp³-hybridized carbons (Fsp3) is 0.600. The highest BCUT2D eigenvalue weighted by atomic mass is 32.2. The van der Waals surface area contributed by atoms with Crippen molar-refractivity contribution in [2.24, 2.45) is 0 Å². The molecule has 3 rings (SSSR count). The summed E-state index contributed by atoms with van der Waals surface area (Å²) in [6, 6.07) is 0. The van der Waals surface area contributed by atoms with E-state index in [1.54, 1.807) is 17.6 Å². The van der Waals surface area contributed by atoms with Gasteiger partial charge in [0.25, 0.3) is 5.56 Å². The standard InChI is InChI=1S/C25H38N6O2S2/c1-5-21-20(9-6-10-22-18(2)15-33-30-22)24(32)29-25(28-21)26-12-8-14-34-16-19-17-35-23(27-19)11-7-13-31(3)4/h15,17H,5-14,16H2,1-4H3,(H2,26,28,29,32). The molecule has 0 amide bonds. The molecule has 0 saturated heterocycles. The number of hydrogen-bond donors (Lipinski definition) is 2. The van der Waals surface area contributed by atoms with E-state index in [1.165, 1.54) is 10.7 Å². The molecule has 0 aromatic carbocycles. The van der Waals surface area contributed by atoms with Gasteiger partial charge in [-0.3, -0.25) is 9.78 Å². The Balaban J connectivity index is 1.36. The first-order valence-electron chi connectivity index (χ1n) is 12.4. The van der Waals surface area contributed by atoms with Gasteiger partial charge in [-0.1, -0.05) is 12.1 Å². The number of anilines is 1. The van der Waals surface area contributed by atoms with Crippen LogP contribution in [0.2, 0.25) is 0 Å². The molecule has 192 valence electrons. The predicted molar refractivity (Wildman–Crippen MR) is 146 cm³/mol. The number of nitrogens with one attached hydrogen (secondary N) is 2. The smallest absolute Gasteiger partial charge is 0.255 e. The van der Waals surface area contributed by atoms with Gasteiger partial charge in [0.05, 0.1) is 22.1 Å². The van der Waals surface area contributed by atoms with Gasteiger partial charge in [-0.25, -0.2) is 9.97 Å². The molecule has 0 aliphatic heterocycles. The average molecular weight is 519 g/mol. The van der Waals surface area contributed by atoms with Crippen molar-refractivity contribution in [3.8, 4) is 0 Å². The molecule has 3 aromatic rings. The molecule has 3 aromatic heterocycles. The Hall–Kier alpha value is -2.17. The molecule has 0 spiro atoms. The van der Waals surface area contributed by atoms with Crippen LogP contribution in [-0.2, 0) is 31.4 Å². The topological polar surface area (TPSA) is 99.9 Å². The molecule has 0 atom stereocenters. The lowest BCUT2D eigenvalue weighted by Crippen LogP contribution is -2.21. The van der Waals surface area contributed by atoms with E-state index >= 15 is 0 Å². The minimum atomic E-state index is -0.0458. The van der Waals surface area contributed by atoms with Crippen LogP contribution >= 0.6 is 23.1 Å². The van der Waals surface area contributed by atoms with Gasteiger partial charge < -0.3 is 14.7 Å². The molecule has 0 saturated carbocycles. The number of hydrogen-bond acceptors (Lipinski definition) is 9. The minimum Gasteiger partial charge on any atom is -0.364 e. The maximum absolute atomic E-state index is 12.7. The number of aromatic amines is 1. The number of thioether (sulfide) groups is 1. The molecule has 0 aliphatic rings. The molecular weight excluding hydrogens is 480 g/mol. The van der Waals surface area contributed by atoms with Gasteiger partial charge >= 0.3 is 0 Å². The summed E-state index contributed by atoms with van der Waals surface area (Å²) < 4.78 is 4.99. The molecule has 2 N–H and O–H groups in total. The summed E-state index contributed by atoms with van der Waals surface area (Å²) in [6.07, 6.45) is 7.91. The van der Waals surface area contributed by atoms with Gasteiger partial charge in [-0.15, -0.1) is 11.3 Å². The third kappa shape index (κ3) is 9.09. The summed E-state index contributed by atoms with van der Waals surface area (Å²) in [5, 5.41) is 10.7. The van der Waals surface area contributed by atoms with E-state index in [0.717, 1.165) is 85.6 Å². The van der Waals surface area contributed by atoms with Crippen LogP contribution in [0.4, 0.5) is 5.95 Å². The molecule has 3 heterocycles. The van der Waals surface area contributed by atoms with Gasteiger partial charge in [-0.05, 0) is 71.8 Å². The highest BCUT2D eigenvalue weighted by Gasteiger charge is 2.11. The molecule has 0 aliphatic carbocycles. The van der Waals surface area contributed by atoms with E-state index in [4.69, 9.17) is 9.51 Å². The molecule has 8 nitrogen and oxygen atoms in total. The first-order chi connectivity index (χ1) is 17.0. The van der Waals surface area contributed by atoms with E-state index in [-0.39, 0.29) is 5.56 Å². The summed E-state index contributed by atoms with van der Waals surface area (Å²) in [5.74, 6) is 2.54. The summed E-state index contributed by atoms with van der Waals surface area (Å²) >= 11 is 3.67. The van der Waals surface area contributed by atoms with Gasteiger partial charge in [0, 0.05) is 35.2 Å². The monoisotopic (exact) mass is 518 g/mol. The average Bonchev–Trinajstić information content (AvgIpc) is 3.45. The zero-order valence-corrected chi connectivity index (χ0v) is 23.0. The largest absolute Gasteiger partial charge is 0.364 e. The van der Waals surface area contributed by atoms with Crippen molar-refractivity contribution in [1.82, 2.24) is 25.0 Å². The summed E-state index contributed by atoms with van der Waals surface area (Å²) in [5.41, 5.74) is 4.79. The first kappa shape index (κ1) is 27.4. The van der Waals surface area contributed by atoms with Crippen molar-refractivity contribution in [2.45, 2.75) is 64.5 Å². The number of aryl methyl sites for hydroxylation is 4. The number of nitrogens with zero attached hydrogens (tertiary/aromatic N) is 4. The Morgan fingerprint density at radius 1 is 1.14 bits per heavy atom. The van der Waals surface area contributed by atoms with E-state index < -0.39 is 0 Å². The molecule has 0 radical (unpaired) electrons. The predicted octanol–water partition coefficient (Wildman–Crippen LogP) is 4.49. The summed E-state index contributed by atoms with van der Waals surface area (Å²) in [7, 11) is 4.21. The van der Waals surface area contributed by atoms with Crippen LogP contribution in [0.15, 0.2) is 21.0 Å². The van der Waals surface area contributed by atoms with Gasteiger partial charge in [0.2, 0.25) is 5.95 Å². The quantitative estimate of drug-likeness (QED) is 0.268. The van der Waals surface area contributed by atoms with Crippen molar-refractivity contribution in [3.05, 3.63) is 55.2 Å². The fourth-order valence-corrected chi connectivity index (χ4v) is 5.59. The summed E-state index contributed by atoms with van der Waals surface area (Å²) in [6.45, 7) is 5.90. The van der Waals surface area contributed by atoms with E-state index in [0.29, 0.717) is 12.4 Å². The maximum atomic E-state index is 12.7. The first-order valence-corrected chi connectivity index (χ1v) is 14.4. The van der Waals surface area contributed by atoms with Crippen LogP contribution in [0.1, 0.15) is 59.4 Å². The van der Waals surface area contributed by atoms with Crippen LogP contribution < -0.4 is 10.9 Å². The van der Waals surface area contributed by atoms with Gasteiger partial charge in [-0.2, -0.15) is 11.8 Å². The number of thiazole rings is 1. The van der Waals surface area contributed by atoms with Crippen LogP contribution in [0.5, 0.6) is 0 Å². The normalized spacial score (nSPS) is 11.5. The highest BCUT2D eigenvalue weighted by molar-refractivity contribution is 7.98. The van der Waals surface area contributed by atoms with E-state index in [2.05, 4.69) is 44.8 Å². The second kappa shape index (κ2) is 14.4. The van der Waals surface area contributed by atoms with Crippen LogP contribution in [0.25, 0.3) is 0 Å². The maximum Gasteiger partial charge on any atom is 0.255 e. The van der Waals surface area contributed by atoms with Gasteiger partial charge in [0.15, 0.2) is 0 Å². The summed E-state index contributed by atoms with van der Waals surface area (Å²) in [4.78, 5) is 27.2. The highest BCUT2D eigenvalue weighted by Crippen LogP contribution is 2.18. The van der Waals surface area contributed by atoms with Crippen molar-refractivity contribution in [2.75, 3.05) is 38.3 Å². The second-order valence-corrected chi connectivity index (χ2v) is 11.0. The van der Waals surface area contributed by atoms with Gasteiger partial charge in [0.1, 0.15) is 6.26 Å². The van der Waals surface area contributed by atoms with Crippen LogP contribution in [0, 0.1) is 6.92 Å². The Labute approximate surface area is 216 Å². The second-order valence-electron chi connectivity index (χ2n) is 8.96. The van der Waals surface area contributed by atoms with Crippen molar-refractivity contribution < 1.29 is 4.52 Å². The molecule has 0 fully saturated rings. The number of rotatable bonds is 16. The van der Waals surface area contributed by atoms with Crippen LogP contribution in [0.3, 0.4) is 0 Å². The molecule has 10 heteroatoms. The lowest BCUT2D eigenvalue weighted by atomic mass is 10.0. The lowest BCUT2D eigenvalue weighted by molar-refractivity contribution is 0.400. The van der Waals surface area contributed by atoms with E-state index in [9.17, 15) is 4.79 Å². The van der Waals surface area contributed by atoms with Crippen molar-refractivity contribution in [3.63, 3.8) is 0 Å². The van der Waals surface area contributed by atoms with Crippen molar-refractivity contribution >= 4 is 29.0 Å². The fourth-order valence-electron chi connectivity index (χ4n) is 3.80. The number of aromatic nitrogens is 4. The SMILES string of the molecule is CCc1nc(NCCCSCc2csc(CCCN(C)C)n2)[nH]c(=O)c1CCCc1nocc1C. The zero-order valence-electron chi connectivity index (χ0n) is 21.4. The Kier molecular flexibility index (Phi) is 11.3. The molecular formula is C25H38N6O2S2. The Morgan fingerprint density at radius 2 is 2.00 bits per heavy atom. The van der Waals surface area contributed by atoms with E-state index in [1.807, 2.05) is 25.6 Å². The minimum absolute atomic E-state index is 0.0458. The third-order valence-corrected chi connectivity index (χ3v) is 7.76. The molecule has 0 unspecified atom stereocenters. The Morgan fingerprint density at radius 3 is 2.74 bits per heavy atom. The third-order valence-electron chi connectivity index (χ3n) is 5.73. The Bertz CT molecular complexity index is 1090.